The Labute approximate surface area is 203 Å². The molecule has 0 spiro atoms. The van der Waals surface area contributed by atoms with E-state index in [0.717, 1.165) is 23.1 Å². The van der Waals surface area contributed by atoms with Crippen molar-refractivity contribution < 1.29 is 22.4 Å². The number of primary amides is 1. The lowest BCUT2D eigenvalue weighted by Gasteiger charge is -2.31. The highest BCUT2D eigenvalue weighted by Gasteiger charge is 2.28. The van der Waals surface area contributed by atoms with Crippen LogP contribution in [0.1, 0.15) is 38.0 Å². The number of amides is 2. The number of carbonyl (C=O) groups excluding carboxylic acids is 2. The summed E-state index contributed by atoms with van der Waals surface area (Å²) in [4.78, 5) is 27.4. The van der Waals surface area contributed by atoms with Crippen LogP contribution < -0.4 is 10.5 Å². The van der Waals surface area contributed by atoms with Gasteiger partial charge in [-0.05, 0) is 54.8 Å². The predicted octanol–water partition coefficient (Wildman–Crippen LogP) is 3.57. The predicted molar refractivity (Wildman–Crippen MR) is 128 cm³/mol. The van der Waals surface area contributed by atoms with Crippen molar-refractivity contribution in [2.24, 2.45) is 11.7 Å². The third-order valence-electron chi connectivity index (χ3n) is 4.94. The van der Waals surface area contributed by atoms with E-state index in [1.807, 2.05) is 31.4 Å². The van der Waals surface area contributed by atoms with Crippen LogP contribution in [0.2, 0.25) is 5.02 Å². The Balaban J connectivity index is 2.05. The second kappa shape index (κ2) is 12.5. The number of aryl methyl sites for hydroxylation is 1. The Morgan fingerprint density at radius 2 is 2.00 bits per heavy atom. The fourth-order valence-corrected chi connectivity index (χ4v) is 5.67. The van der Waals surface area contributed by atoms with Gasteiger partial charge in [0.2, 0.25) is 21.8 Å². The molecule has 0 aliphatic rings. The van der Waals surface area contributed by atoms with E-state index in [4.69, 9.17) is 17.3 Å². The molecule has 182 valence electrons. The first-order valence-corrected chi connectivity index (χ1v) is 13.3. The van der Waals surface area contributed by atoms with Gasteiger partial charge in [0.15, 0.2) is 0 Å². The van der Waals surface area contributed by atoms with Crippen molar-refractivity contribution in [3.63, 3.8) is 0 Å². The minimum atomic E-state index is -3.96. The molecule has 11 heteroatoms. The van der Waals surface area contributed by atoms with Crippen molar-refractivity contribution in [3.8, 4) is 0 Å². The summed E-state index contributed by atoms with van der Waals surface area (Å²) >= 11 is 7.41. The maximum absolute atomic E-state index is 13.2. The average Bonchev–Trinajstić information content (AvgIpc) is 3.23. The minimum Gasteiger partial charge on any atom is -0.368 e. The molecule has 0 aliphatic carbocycles. The quantitative estimate of drug-likeness (QED) is 0.396. The zero-order valence-electron chi connectivity index (χ0n) is 18.6. The fourth-order valence-electron chi connectivity index (χ4n) is 3.35. The molecule has 0 saturated carbocycles. The summed E-state index contributed by atoms with van der Waals surface area (Å²) in [5.74, 6) is -1.31. The monoisotopic (exact) mass is 517 g/mol. The molecule has 0 bridgehead atoms. The summed E-state index contributed by atoms with van der Waals surface area (Å²) in [5, 5.41) is 1.71. The number of thiophene rings is 1. The summed E-state index contributed by atoms with van der Waals surface area (Å²) in [7, 11) is -3.96. The van der Waals surface area contributed by atoms with Gasteiger partial charge in [-0.2, -0.15) is 0 Å². The molecule has 2 aromatic rings. The molecule has 3 N–H and O–H groups in total. The molecule has 2 amide bonds. The molecule has 0 fully saturated rings. The number of rotatable bonds is 13. The van der Waals surface area contributed by atoms with E-state index in [-0.39, 0.29) is 47.7 Å². The Morgan fingerprint density at radius 1 is 1.27 bits per heavy atom. The second-order valence-electron chi connectivity index (χ2n) is 8.04. The van der Waals surface area contributed by atoms with Gasteiger partial charge in [0.25, 0.3) is 0 Å². The van der Waals surface area contributed by atoms with E-state index in [1.54, 1.807) is 11.3 Å². The van der Waals surface area contributed by atoms with Gasteiger partial charge >= 0.3 is 0 Å². The first kappa shape index (κ1) is 27.2. The molecular formula is C22H29ClFN3O4S2. The molecule has 1 atom stereocenters. The standard InChI is InChI=1S/C22H29ClFN3O4S2/c1-15(2)13-19(22(25)29)27(21(28)9-7-17-5-3-12-32-17)11-4-10-26-33(30,31)20-8-6-16(24)14-18(20)23/h3,5-6,8,12,14-15,19,26H,4,7,9-11,13H2,1-2H3,(H2,25,29)/t19-/m0/s1. The number of nitrogens with zero attached hydrogens (tertiary/aromatic N) is 1. The van der Waals surface area contributed by atoms with E-state index in [0.29, 0.717) is 12.8 Å². The Morgan fingerprint density at radius 3 is 2.58 bits per heavy atom. The van der Waals surface area contributed by atoms with Gasteiger partial charge in [0, 0.05) is 24.4 Å². The molecule has 0 radical (unpaired) electrons. The lowest BCUT2D eigenvalue weighted by molar-refractivity contribution is -0.140. The summed E-state index contributed by atoms with van der Waals surface area (Å²) in [5.41, 5.74) is 5.61. The third kappa shape index (κ3) is 8.37. The van der Waals surface area contributed by atoms with Crippen LogP contribution in [-0.4, -0.2) is 44.3 Å². The van der Waals surface area contributed by atoms with Crippen molar-refractivity contribution >= 4 is 44.8 Å². The number of nitrogens with two attached hydrogens (primary N) is 1. The van der Waals surface area contributed by atoms with Crippen LogP contribution in [0.15, 0.2) is 40.6 Å². The number of halogens is 2. The number of hydrogen-bond donors (Lipinski definition) is 2. The number of hydrogen-bond acceptors (Lipinski definition) is 5. The van der Waals surface area contributed by atoms with Crippen molar-refractivity contribution in [2.45, 2.75) is 50.5 Å². The average molecular weight is 518 g/mol. The van der Waals surface area contributed by atoms with Gasteiger partial charge in [-0.1, -0.05) is 31.5 Å². The normalized spacial score (nSPS) is 12.6. The number of nitrogens with one attached hydrogen (secondary N) is 1. The lowest BCUT2D eigenvalue weighted by Crippen LogP contribution is -2.49. The van der Waals surface area contributed by atoms with Crippen LogP contribution in [-0.2, 0) is 26.0 Å². The van der Waals surface area contributed by atoms with Gasteiger partial charge in [-0.3, -0.25) is 9.59 Å². The molecule has 1 aromatic heterocycles. The molecular weight excluding hydrogens is 489 g/mol. The van der Waals surface area contributed by atoms with Crippen LogP contribution in [0.5, 0.6) is 0 Å². The minimum absolute atomic E-state index is 0.00208. The SMILES string of the molecule is CC(C)C[C@@H](C(N)=O)N(CCCNS(=O)(=O)c1ccc(F)cc1Cl)C(=O)CCc1cccs1. The maximum atomic E-state index is 13.2. The summed E-state index contributed by atoms with van der Waals surface area (Å²) in [6.07, 6.45) is 1.44. The zero-order chi connectivity index (χ0) is 24.6. The number of benzene rings is 1. The van der Waals surface area contributed by atoms with E-state index < -0.39 is 27.8 Å². The highest BCUT2D eigenvalue weighted by molar-refractivity contribution is 7.89. The first-order valence-electron chi connectivity index (χ1n) is 10.6. The molecule has 1 aromatic carbocycles. The van der Waals surface area contributed by atoms with Gasteiger partial charge < -0.3 is 10.6 Å². The summed E-state index contributed by atoms with van der Waals surface area (Å²) < 4.78 is 40.6. The fraction of sp³-hybridized carbons (Fsp3) is 0.455. The Bertz CT molecular complexity index is 1050. The maximum Gasteiger partial charge on any atom is 0.242 e. The molecule has 0 unspecified atom stereocenters. The van der Waals surface area contributed by atoms with Crippen molar-refractivity contribution in [2.75, 3.05) is 13.1 Å². The van der Waals surface area contributed by atoms with Crippen LogP contribution >= 0.6 is 22.9 Å². The highest BCUT2D eigenvalue weighted by atomic mass is 35.5. The van der Waals surface area contributed by atoms with Crippen LogP contribution in [0.4, 0.5) is 4.39 Å². The van der Waals surface area contributed by atoms with Crippen molar-refractivity contribution in [1.82, 2.24) is 9.62 Å². The van der Waals surface area contributed by atoms with E-state index in [2.05, 4.69) is 4.72 Å². The number of sulfonamides is 1. The second-order valence-corrected chi connectivity index (χ2v) is 11.2. The summed E-state index contributed by atoms with van der Waals surface area (Å²) in [6, 6.07) is 6.10. The molecule has 2 rings (SSSR count). The van der Waals surface area contributed by atoms with E-state index >= 15 is 0 Å². The Kier molecular flexibility index (Phi) is 10.3. The van der Waals surface area contributed by atoms with Gasteiger partial charge in [0.1, 0.15) is 16.8 Å². The van der Waals surface area contributed by atoms with E-state index in [1.165, 1.54) is 4.90 Å². The number of carbonyl (C=O) groups is 2. The molecule has 7 nitrogen and oxygen atoms in total. The van der Waals surface area contributed by atoms with Crippen LogP contribution in [0, 0.1) is 11.7 Å². The van der Waals surface area contributed by atoms with Gasteiger partial charge in [-0.25, -0.2) is 17.5 Å². The zero-order valence-corrected chi connectivity index (χ0v) is 21.0. The summed E-state index contributed by atoms with van der Waals surface area (Å²) in [6.45, 7) is 4.02. The molecule has 0 aliphatic heterocycles. The van der Waals surface area contributed by atoms with Gasteiger partial charge in [0.05, 0.1) is 5.02 Å². The lowest BCUT2D eigenvalue weighted by atomic mass is 10.0. The van der Waals surface area contributed by atoms with Crippen LogP contribution in [0.25, 0.3) is 0 Å². The van der Waals surface area contributed by atoms with E-state index in [9.17, 15) is 22.4 Å². The third-order valence-corrected chi connectivity index (χ3v) is 7.82. The molecule has 1 heterocycles. The van der Waals surface area contributed by atoms with Crippen molar-refractivity contribution in [1.29, 1.82) is 0 Å². The van der Waals surface area contributed by atoms with Gasteiger partial charge in [-0.15, -0.1) is 11.3 Å². The highest BCUT2D eigenvalue weighted by Crippen LogP contribution is 2.22. The van der Waals surface area contributed by atoms with Crippen molar-refractivity contribution in [3.05, 3.63) is 51.4 Å². The molecule has 0 saturated heterocycles. The largest absolute Gasteiger partial charge is 0.368 e. The van der Waals surface area contributed by atoms with Crippen LogP contribution in [0.3, 0.4) is 0 Å². The molecule has 33 heavy (non-hydrogen) atoms. The first-order chi connectivity index (χ1) is 15.5. The smallest absolute Gasteiger partial charge is 0.242 e. The topological polar surface area (TPSA) is 110 Å². The Hall–Kier alpha value is -2.01.